The molecule has 3 heterocycles. The van der Waals surface area contributed by atoms with Gasteiger partial charge in [-0.05, 0) is 45.6 Å². The first-order chi connectivity index (χ1) is 13.8. The van der Waals surface area contributed by atoms with Crippen LogP contribution in [0.5, 0.6) is 0 Å². The van der Waals surface area contributed by atoms with E-state index < -0.39 is 11.7 Å². The quantitative estimate of drug-likeness (QED) is 0.527. The number of hydrogen-bond acceptors (Lipinski definition) is 5. The largest absolute Gasteiger partial charge is 0.459 e. The van der Waals surface area contributed by atoms with Crippen molar-refractivity contribution in [1.82, 2.24) is 0 Å². The molecule has 4 rings (SSSR count). The monoisotopic (exact) mass is 402 g/mol. The lowest BCUT2D eigenvalue weighted by Crippen LogP contribution is -2.56. The highest BCUT2D eigenvalue weighted by Gasteiger charge is 2.63. The minimum Gasteiger partial charge on any atom is -0.459 e. The summed E-state index contributed by atoms with van der Waals surface area (Å²) in [6.07, 6.45) is 5.96. The zero-order valence-electron chi connectivity index (χ0n) is 18.3. The molecule has 2 saturated heterocycles. The molecule has 3 aliphatic heterocycles. The minimum absolute atomic E-state index is 0.0337. The summed E-state index contributed by atoms with van der Waals surface area (Å²) in [5.41, 5.74) is 1.58. The highest BCUT2D eigenvalue weighted by molar-refractivity contribution is 5.94. The highest BCUT2D eigenvalue weighted by atomic mass is 16.6. The molecule has 0 aromatic carbocycles. The molecular weight excluding hydrogens is 368 g/mol. The molecule has 2 bridgehead atoms. The molecule has 0 N–H and O–H groups in total. The van der Waals surface area contributed by atoms with Crippen LogP contribution in [-0.2, 0) is 23.8 Å². The maximum Gasteiger partial charge on any atom is 0.306 e. The van der Waals surface area contributed by atoms with E-state index in [9.17, 15) is 9.59 Å². The van der Waals surface area contributed by atoms with Crippen molar-refractivity contribution in [3.05, 3.63) is 23.3 Å². The van der Waals surface area contributed by atoms with Crippen molar-refractivity contribution >= 4 is 11.8 Å². The maximum absolute atomic E-state index is 13.0. The third kappa shape index (κ3) is 3.40. The van der Waals surface area contributed by atoms with Crippen molar-refractivity contribution in [2.75, 3.05) is 6.61 Å². The Labute approximate surface area is 173 Å². The number of ether oxygens (including phenoxy) is 3. The molecular formula is C24H34O5. The van der Waals surface area contributed by atoms with Crippen LogP contribution in [0.25, 0.3) is 0 Å². The van der Waals surface area contributed by atoms with Crippen LogP contribution >= 0.6 is 0 Å². The van der Waals surface area contributed by atoms with Gasteiger partial charge in [-0.2, -0.15) is 0 Å². The van der Waals surface area contributed by atoms with Crippen molar-refractivity contribution < 1.29 is 23.8 Å². The van der Waals surface area contributed by atoms with Gasteiger partial charge in [0.15, 0.2) is 5.78 Å². The number of hydrogen-bond donors (Lipinski definition) is 0. The normalized spacial score (nSPS) is 45.8. The van der Waals surface area contributed by atoms with Crippen LogP contribution in [0.4, 0.5) is 0 Å². The smallest absolute Gasteiger partial charge is 0.306 e. The van der Waals surface area contributed by atoms with E-state index in [1.54, 1.807) is 0 Å². The molecule has 5 heteroatoms. The Morgan fingerprint density at radius 1 is 1.31 bits per heavy atom. The number of esters is 1. The lowest BCUT2D eigenvalue weighted by Gasteiger charge is -2.42. The first-order valence-electron chi connectivity index (χ1n) is 11.1. The molecule has 5 nitrogen and oxygen atoms in total. The van der Waals surface area contributed by atoms with Crippen molar-refractivity contribution in [3.63, 3.8) is 0 Å². The van der Waals surface area contributed by atoms with E-state index in [4.69, 9.17) is 14.2 Å². The highest BCUT2D eigenvalue weighted by Crippen LogP contribution is 2.55. The van der Waals surface area contributed by atoms with E-state index in [0.717, 1.165) is 18.4 Å². The predicted octanol–water partition coefficient (Wildman–Crippen LogP) is 4.01. The number of carbonyl (C=O) groups excluding carboxylic acids is 2. The molecule has 2 unspecified atom stereocenters. The fourth-order valence-corrected chi connectivity index (χ4v) is 6.07. The molecule has 8 atom stereocenters. The van der Waals surface area contributed by atoms with Crippen LogP contribution in [-0.4, -0.2) is 42.3 Å². The number of fused-ring (bicyclic) bond motifs is 2. The van der Waals surface area contributed by atoms with Crippen molar-refractivity contribution in [2.45, 2.75) is 84.2 Å². The molecule has 29 heavy (non-hydrogen) atoms. The summed E-state index contributed by atoms with van der Waals surface area (Å²) >= 11 is 0. The first-order valence-corrected chi connectivity index (χ1v) is 11.1. The van der Waals surface area contributed by atoms with Gasteiger partial charge in [0.2, 0.25) is 0 Å². The Bertz CT molecular complexity index is 752. The van der Waals surface area contributed by atoms with Gasteiger partial charge >= 0.3 is 5.97 Å². The molecule has 0 aromatic heterocycles. The van der Waals surface area contributed by atoms with Gasteiger partial charge in [-0.1, -0.05) is 31.1 Å². The lowest BCUT2D eigenvalue weighted by molar-refractivity contribution is -0.202. The fraction of sp³-hybridized carbons (Fsp3) is 0.750. The van der Waals surface area contributed by atoms with Crippen LogP contribution in [0, 0.1) is 23.7 Å². The Morgan fingerprint density at radius 3 is 2.79 bits per heavy atom. The first kappa shape index (κ1) is 20.8. The van der Waals surface area contributed by atoms with Gasteiger partial charge in [0.25, 0.3) is 0 Å². The van der Waals surface area contributed by atoms with Crippen LogP contribution in [0.15, 0.2) is 23.3 Å². The van der Waals surface area contributed by atoms with Gasteiger partial charge in [0, 0.05) is 30.6 Å². The Kier molecular flexibility index (Phi) is 5.49. The second-order valence-electron chi connectivity index (χ2n) is 9.71. The summed E-state index contributed by atoms with van der Waals surface area (Å²) in [7, 11) is 0. The molecule has 1 aliphatic carbocycles. The van der Waals surface area contributed by atoms with Crippen LogP contribution in [0.1, 0.15) is 60.3 Å². The zero-order valence-corrected chi connectivity index (χ0v) is 18.3. The summed E-state index contributed by atoms with van der Waals surface area (Å²) in [5, 5.41) is 0. The van der Waals surface area contributed by atoms with Gasteiger partial charge in [0.1, 0.15) is 11.7 Å². The van der Waals surface area contributed by atoms with Crippen LogP contribution in [0.3, 0.4) is 0 Å². The molecule has 4 aliphatic rings. The Morgan fingerprint density at radius 2 is 2.07 bits per heavy atom. The topological polar surface area (TPSA) is 61.8 Å². The van der Waals surface area contributed by atoms with Gasteiger partial charge in [-0.15, -0.1) is 0 Å². The zero-order chi connectivity index (χ0) is 20.9. The molecule has 0 saturated carbocycles. The summed E-state index contributed by atoms with van der Waals surface area (Å²) in [5.74, 6) is 0.285. The van der Waals surface area contributed by atoms with Gasteiger partial charge in [0.05, 0.1) is 18.8 Å². The summed E-state index contributed by atoms with van der Waals surface area (Å²) in [4.78, 5) is 25.5. The number of carbonyl (C=O) groups is 2. The van der Waals surface area contributed by atoms with Gasteiger partial charge in [-0.3, -0.25) is 9.59 Å². The van der Waals surface area contributed by atoms with E-state index in [0.29, 0.717) is 19.4 Å². The molecule has 160 valence electrons. The van der Waals surface area contributed by atoms with Crippen molar-refractivity contribution in [3.8, 4) is 0 Å². The van der Waals surface area contributed by atoms with Gasteiger partial charge < -0.3 is 14.2 Å². The number of allylic oxidation sites excluding steroid dienone is 1. The second-order valence-corrected chi connectivity index (χ2v) is 9.71. The van der Waals surface area contributed by atoms with E-state index in [-0.39, 0.29) is 47.6 Å². The summed E-state index contributed by atoms with van der Waals surface area (Å²) < 4.78 is 19.2. The van der Waals surface area contributed by atoms with E-state index in [2.05, 4.69) is 26.8 Å². The molecule has 0 amide bonds. The average Bonchev–Trinajstić information content (AvgIpc) is 2.99. The number of ketones is 1. The summed E-state index contributed by atoms with van der Waals surface area (Å²) in [6, 6.07) is 0. The predicted molar refractivity (Wildman–Crippen MR) is 109 cm³/mol. The van der Waals surface area contributed by atoms with Crippen molar-refractivity contribution in [1.29, 1.82) is 0 Å². The van der Waals surface area contributed by atoms with Gasteiger partial charge in [-0.25, -0.2) is 0 Å². The minimum atomic E-state index is -0.775. The SMILES string of the molecule is CCCC(=O)O[C@@H]1C/C=C(/C)CC2OC3[C@H]4[C@H](C(=O)C=C(C)[C@@H]24)[C@@H](C)CO[C@]31C. The standard InChI is InChI=1S/C24H34O5/c1-6-7-19(26)29-18-9-8-13(2)10-17-21-14(3)11-16(25)20-15(4)12-27-24(18,5)23(28-17)22(20)21/h8,11,15,17-18,20-23H,6-7,9-10,12H2,1-5H3/b13-8-/t15-,17?,18+,20-,21-,22-,23?,24-/m0/s1. The Balaban J connectivity index is 1.81. The molecule has 0 spiro atoms. The third-order valence-electron chi connectivity index (χ3n) is 7.53. The summed E-state index contributed by atoms with van der Waals surface area (Å²) in [6.45, 7) is 10.8. The number of rotatable bonds is 3. The lowest BCUT2D eigenvalue weighted by atomic mass is 9.62. The van der Waals surface area contributed by atoms with Crippen LogP contribution < -0.4 is 0 Å². The molecule has 0 aromatic rings. The fourth-order valence-electron chi connectivity index (χ4n) is 6.07. The van der Waals surface area contributed by atoms with E-state index in [1.165, 1.54) is 5.57 Å². The van der Waals surface area contributed by atoms with Crippen LogP contribution in [0.2, 0.25) is 0 Å². The molecule has 2 fully saturated rings. The van der Waals surface area contributed by atoms with Crippen molar-refractivity contribution in [2.24, 2.45) is 23.7 Å². The molecule has 0 radical (unpaired) electrons. The van der Waals surface area contributed by atoms with E-state index in [1.807, 2.05) is 19.9 Å². The Hall–Kier alpha value is -1.46. The van der Waals surface area contributed by atoms with E-state index >= 15 is 0 Å². The average molecular weight is 403 g/mol. The maximum atomic E-state index is 13.0. The second kappa shape index (κ2) is 7.66. The third-order valence-corrected chi connectivity index (χ3v) is 7.53.